The molecule has 0 saturated heterocycles. The Morgan fingerprint density at radius 1 is 1.39 bits per heavy atom. The molecule has 2 aromatic rings. The van der Waals surface area contributed by atoms with Crippen molar-refractivity contribution in [3.8, 4) is 5.75 Å². The molecule has 1 aliphatic heterocycles. The maximum absolute atomic E-state index is 11.1. The summed E-state index contributed by atoms with van der Waals surface area (Å²) >= 11 is 6.38. The van der Waals surface area contributed by atoms with Crippen molar-refractivity contribution in [1.29, 1.82) is 0 Å². The number of pyridine rings is 1. The number of aromatic nitrogens is 3. The van der Waals surface area contributed by atoms with Crippen LogP contribution < -0.4 is 15.4 Å². The second kappa shape index (κ2) is 8.18. The standard InChI is InChI=1S/C19H24ClN5O3/c1-10-7-22-14(11(2)16(10)27-4)9-25-8-13(5-6-28-12(3)26)15-17(20)23-19(21)24-18(15)25/h7,13H,5-6,8-9H2,1-4H3,(H2,21,23,24). The summed E-state index contributed by atoms with van der Waals surface area (Å²) in [5.41, 5.74) is 9.53. The zero-order valence-electron chi connectivity index (χ0n) is 16.5. The van der Waals surface area contributed by atoms with Gasteiger partial charge in [-0.15, -0.1) is 0 Å². The minimum absolute atomic E-state index is 0.0371. The molecule has 0 fully saturated rings. The number of anilines is 2. The summed E-state index contributed by atoms with van der Waals surface area (Å²) in [6.45, 7) is 6.85. The van der Waals surface area contributed by atoms with Crippen molar-refractivity contribution >= 4 is 29.3 Å². The van der Waals surface area contributed by atoms with E-state index >= 15 is 0 Å². The Balaban J connectivity index is 1.90. The number of hydrogen-bond acceptors (Lipinski definition) is 8. The Bertz CT molecular complexity index is 906. The first-order valence-electron chi connectivity index (χ1n) is 9.02. The van der Waals surface area contributed by atoms with Gasteiger partial charge in [-0.3, -0.25) is 9.78 Å². The molecule has 28 heavy (non-hydrogen) atoms. The molecule has 0 amide bonds. The highest BCUT2D eigenvalue weighted by Gasteiger charge is 2.34. The Kier molecular flexibility index (Phi) is 5.88. The van der Waals surface area contributed by atoms with E-state index in [1.54, 1.807) is 13.3 Å². The number of carbonyl (C=O) groups excluding carboxylic acids is 1. The Morgan fingerprint density at radius 2 is 2.14 bits per heavy atom. The molecule has 0 spiro atoms. The molecule has 150 valence electrons. The van der Waals surface area contributed by atoms with Gasteiger partial charge in [0.2, 0.25) is 5.95 Å². The SMILES string of the molecule is COc1c(C)cnc(CN2CC(CCOC(C)=O)c3c(Cl)nc(N)nc32)c1C. The van der Waals surface area contributed by atoms with Crippen LogP contribution in [-0.4, -0.2) is 41.2 Å². The van der Waals surface area contributed by atoms with Crippen LogP contribution >= 0.6 is 11.6 Å². The minimum Gasteiger partial charge on any atom is -0.496 e. The summed E-state index contributed by atoms with van der Waals surface area (Å²) in [5, 5.41) is 0.337. The number of fused-ring (bicyclic) bond motifs is 1. The molecular weight excluding hydrogens is 382 g/mol. The Morgan fingerprint density at radius 3 is 2.82 bits per heavy atom. The first kappa shape index (κ1) is 20.1. The van der Waals surface area contributed by atoms with Crippen molar-refractivity contribution in [2.75, 3.05) is 30.9 Å². The average Bonchev–Trinajstić information content (AvgIpc) is 2.95. The van der Waals surface area contributed by atoms with Crippen molar-refractivity contribution in [3.05, 3.63) is 33.7 Å². The largest absolute Gasteiger partial charge is 0.496 e. The number of methoxy groups -OCH3 is 1. The molecule has 1 aliphatic rings. The van der Waals surface area contributed by atoms with E-state index in [0.29, 0.717) is 37.1 Å². The van der Waals surface area contributed by atoms with E-state index in [4.69, 9.17) is 26.8 Å². The van der Waals surface area contributed by atoms with Crippen LogP contribution in [0.3, 0.4) is 0 Å². The third-order valence-corrected chi connectivity index (χ3v) is 5.20. The predicted octanol–water partition coefficient (Wildman–Crippen LogP) is 2.79. The highest BCUT2D eigenvalue weighted by Crippen LogP contribution is 2.41. The minimum atomic E-state index is -0.304. The molecule has 1 unspecified atom stereocenters. The molecular formula is C19H24ClN5O3. The van der Waals surface area contributed by atoms with Crippen LogP contribution in [0.5, 0.6) is 5.75 Å². The molecule has 0 bridgehead atoms. The van der Waals surface area contributed by atoms with Gasteiger partial charge in [-0.05, 0) is 20.3 Å². The van der Waals surface area contributed by atoms with Crippen LogP contribution in [0, 0.1) is 13.8 Å². The van der Waals surface area contributed by atoms with Crippen LogP contribution in [0.1, 0.15) is 41.6 Å². The van der Waals surface area contributed by atoms with E-state index in [9.17, 15) is 4.79 Å². The number of nitrogens with zero attached hydrogens (tertiary/aromatic N) is 4. The first-order chi connectivity index (χ1) is 13.3. The van der Waals surface area contributed by atoms with Crippen LogP contribution in [0.2, 0.25) is 5.15 Å². The number of halogens is 1. The van der Waals surface area contributed by atoms with Gasteiger partial charge in [-0.25, -0.2) is 4.98 Å². The Labute approximate surface area is 169 Å². The molecule has 2 aromatic heterocycles. The van der Waals surface area contributed by atoms with E-state index in [2.05, 4.69) is 19.9 Å². The number of rotatable bonds is 6. The van der Waals surface area contributed by atoms with Crippen molar-refractivity contribution in [1.82, 2.24) is 15.0 Å². The van der Waals surface area contributed by atoms with Crippen LogP contribution in [0.15, 0.2) is 6.20 Å². The summed E-state index contributed by atoms with van der Waals surface area (Å²) in [5.74, 6) is 1.39. The lowest BCUT2D eigenvalue weighted by atomic mass is 10.0. The maximum atomic E-state index is 11.1. The van der Waals surface area contributed by atoms with Gasteiger partial charge in [0, 0.05) is 42.3 Å². The van der Waals surface area contributed by atoms with E-state index in [-0.39, 0.29) is 17.8 Å². The maximum Gasteiger partial charge on any atom is 0.302 e. The summed E-state index contributed by atoms with van der Waals surface area (Å²) in [7, 11) is 1.66. The smallest absolute Gasteiger partial charge is 0.302 e. The summed E-state index contributed by atoms with van der Waals surface area (Å²) in [6, 6.07) is 0. The highest BCUT2D eigenvalue weighted by molar-refractivity contribution is 6.30. The lowest BCUT2D eigenvalue weighted by Crippen LogP contribution is -2.24. The quantitative estimate of drug-likeness (QED) is 0.578. The topological polar surface area (TPSA) is 103 Å². The second-order valence-electron chi connectivity index (χ2n) is 6.86. The lowest BCUT2D eigenvalue weighted by Gasteiger charge is -2.21. The van der Waals surface area contributed by atoms with E-state index in [0.717, 1.165) is 28.1 Å². The summed E-state index contributed by atoms with van der Waals surface area (Å²) in [4.78, 5) is 26.3. The molecule has 8 nitrogen and oxygen atoms in total. The number of nitrogen functional groups attached to an aromatic ring is 1. The molecule has 0 saturated carbocycles. The third kappa shape index (κ3) is 3.96. The zero-order chi connectivity index (χ0) is 20.4. The molecule has 3 rings (SSSR count). The van der Waals surface area contributed by atoms with E-state index < -0.39 is 0 Å². The molecule has 0 aliphatic carbocycles. The molecule has 9 heteroatoms. The number of esters is 1. The Hall–Kier alpha value is -2.61. The van der Waals surface area contributed by atoms with Gasteiger partial charge in [0.05, 0.1) is 26.0 Å². The summed E-state index contributed by atoms with van der Waals surface area (Å²) in [6.07, 6.45) is 2.43. The zero-order valence-corrected chi connectivity index (χ0v) is 17.2. The van der Waals surface area contributed by atoms with Gasteiger partial charge in [0.25, 0.3) is 0 Å². The monoisotopic (exact) mass is 405 g/mol. The number of hydrogen-bond donors (Lipinski definition) is 1. The number of nitrogens with two attached hydrogens (primary N) is 1. The van der Waals surface area contributed by atoms with Crippen LogP contribution in [0.4, 0.5) is 11.8 Å². The molecule has 2 N–H and O–H groups in total. The first-order valence-corrected chi connectivity index (χ1v) is 9.39. The normalized spacial score (nSPS) is 15.5. The highest BCUT2D eigenvalue weighted by atomic mass is 35.5. The molecule has 0 radical (unpaired) electrons. The molecule has 1 atom stereocenters. The number of aryl methyl sites for hydroxylation is 1. The fourth-order valence-electron chi connectivity index (χ4n) is 3.61. The number of ether oxygens (including phenoxy) is 2. The molecule has 3 heterocycles. The number of carbonyl (C=O) groups is 1. The van der Waals surface area contributed by atoms with Crippen molar-refractivity contribution in [2.24, 2.45) is 0 Å². The van der Waals surface area contributed by atoms with Gasteiger partial charge >= 0.3 is 5.97 Å². The second-order valence-corrected chi connectivity index (χ2v) is 7.22. The average molecular weight is 406 g/mol. The lowest BCUT2D eigenvalue weighted by molar-refractivity contribution is -0.141. The third-order valence-electron chi connectivity index (χ3n) is 4.91. The van der Waals surface area contributed by atoms with Gasteiger partial charge in [0.1, 0.15) is 16.7 Å². The van der Waals surface area contributed by atoms with E-state index in [1.807, 2.05) is 13.8 Å². The molecule has 0 aromatic carbocycles. The van der Waals surface area contributed by atoms with Gasteiger partial charge in [-0.1, -0.05) is 11.6 Å². The van der Waals surface area contributed by atoms with Crippen molar-refractivity contribution < 1.29 is 14.3 Å². The van der Waals surface area contributed by atoms with Crippen LogP contribution in [-0.2, 0) is 16.1 Å². The van der Waals surface area contributed by atoms with Crippen molar-refractivity contribution in [3.63, 3.8) is 0 Å². The van der Waals surface area contributed by atoms with Gasteiger partial charge in [-0.2, -0.15) is 4.98 Å². The van der Waals surface area contributed by atoms with Crippen molar-refractivity contribution in [2.45, 2.75) is 39.7 Å². The fraction of sp³-hybridized carbons (Fsp3) is 0.474. The summed E-state index contributed by atoms with van der Waals surface area (Å²) < 4.78 is 10.6. The fourth-order valence-corrected chi connectivity index (χ4v) is 3.94. The van der Waals surface area contributed by atoms with E-state index in [1.165, 1.54) is 6.92 Å². The van der Waals surface area contributed by atoms with Gasteiger partial charge < -0.3 is 20.1 Å². The predicted molar refractivity (Wildman–Crippen MR) is 107 cm³/mol. The van der Waals surface area contributed by atoms with Crippen LogP contribution in [0.25, 0.3) is 0 Å². The van der Waals surface area contributed by atoms with Gasteiger partial charge in [0.15, 0.2) is 0 Å².